The van der Waals surface area contributed by atoms with Gasteiger partial charge in [-0.15, -0.1) is 23.2 Å². The number of piperazine rings is 2. The molecule has 2 aliphatic heterocycles. The second-order valence-corrected chi connectivity index (χ2v) is 14.2. The quantitative estimate of drug-likeness (QED) is 0.172. The summed E-state index contributed by atoms with van der Waals surface area (Å²) in [5.74, 6) is 1.13. The number of hydrogen-bond acceptors (Lipinski definition) is 5. The van der Waals surface area contributed by atoms with E-state index in [1.807, 2.05) is 4.81 Å². The molecule has 2 unspecified atom stereocenters. The second-order valence-electron chi connectivity index (χ2n) is 13.4. The molecule has 2 heterocycles. The van der Waals surface area contributed by atoms with E-state index in [2.05, 4.69) is 29.0 Å². The van der Waals surface area contributed by atoms with Gasteiger partial charge in [-0.25, -0.2) is 0 Å². The van der Waals surface area contributed by atoms with Crippen LogP contribution in [0.5, 0.6) is 0 Å². The lowest BCUT2D eigenvalue weighted by Crippen LogP contribution is -2.56. The molecule has 4 aliphatic rings. The summed E-state index contributed by atoms with van der Waals surface area (Å²) in [6.07, 6.45) is -3.91. The summed E-state index contributed by atoms with van der Waals surface area (Å²) in [6, 6.07) is 12.6. The summed E-state index contributed by atoms with van der Waals surface area (Å²) in [5.41, 5.74) is 0.851. The fraction of sp³-hybridized carbons (Fsp3) is 0.647. The molecule has 6 rings (SSSR count). The molecule has 2 saturated heterocycles. The van der Waals surface area contributed by atoms with Crippen LogP contribution in [-0.2, 0) is 12.4 Å². The molecule has 14 heteroatoms. The number of halogens is 8. The van der Waals surface area contributed by atoms with Crippen molar-refractivity contribution < 1.29 is 31.4 Å². The summed E-state index contributed by atoms with van der Waals surface area (Å²) < 4.78 is 76.4. The van der Waals surface area contributed by atoms with Crippen LogP contribution in [0.2, 0.25) is 6.82 Å². The highest BCUT2D eigenvalue weighted by molar-refractivity contribution is 6.45. The first-order valence-corrected chi connectivity index (χ1v) is 17.8. The standard InChI is InChI=1S/C17H24BF3N2O.C16H21F3N2.CH2Cl2/c1-12-11-22(18(2)24)9-10-23(12)16(13-3-4-13)14-5-7-15(8-6-14)17(19,20)21;1-11-10-20-8-9-21(11)15(12-2-3-12)13-4-6-14(7-5-13)16(17,18)19;2-1-3/h5-8,12-13,16,24H,3-4,9-11H2,1-2H3;4-7,11-12,15,20H,2-3,8-10H2,1H3;1H2/t12-,16?;11-,15?;/m00./s1. The van der Waals surface area contributed by atoms with Gasteiger partial charge in [0.2, 0.25) is 0 Å². The maximum absolute atomic E-state index is 12.8. The minimum atomic E-state index is -4.29. The summed E-state index contributed by atoms with van der Waals surface area (Å²) in [4.78, 5) is 6.90. The van der Waals surface area contributed by atoms with E-state index in [4.69, 9.17) is 23.2 Å². The van der Waals surface area contributed by atoms with Crippen molar-refractivity contribution in [2.24, 2.45) is 11.8 Å². The summed E-state index contributed by atoms with van der Waals surface area (Å²) in [6.45, 7) is 11.3. The van der Waals surface area contributed by atoms with Crippen LogP contribution < -0.4 is 5.32 Å². The minimum Gasteiger partial charge on any atom is -0.437 e. The van der Waals surface area contributed by atoms with Crippen molar-refractivity contribution in [3.05, 3.63) is 70.8 Å². The van der Waals surface area contributed by atoms with Crippen LogP contribution in [0.15, 0.2) is 48.5 Å². The normalized spacial score (nSPS) is 24.1. The molecule has 268 valence electrons. The molecule has 0 radical (unpaired) electrons. The molecular formula is C34H47BCl2F6N4O. The number of rotatable bonds is 7. The number of benzene rings is 2. The van der Waals surface area contributed by atoms with E-state index in [0.29, 0.717) is 17.9 Å². The van der Waals surface area contributed by atoms with Gasteiger partial charge in [-0.1, -0.05) is 24.3 Å². The molecular weight excluding hydrogens is 676 g/mol. The Morgan fingerprint density at radius 3 is 1.50 bits per heavy atom. The Bertz CT molecular complexity index is 1260. The molecule has 4 fully saturated rings. The third kappa shape index (κ3) is 10.7. The monoisotopic (exact) mass is 722 g/mol. The van der Waals surface area contributed by atoms with Crippen LogP contribution in [0.4, 0.5) is 26.3 Å². The average Bonchev–Trinajstić information content (AvgIpc) is 3.96. The Balaban J connectivity index is 0.000000202. The van der Waals surface area contributed by atoms with Crippen LogP contribution in [0.1, 0.15) is 73.9 Å². The highest BCUT2D eigenvalue weighted by atomic mass is 35.5. The van der Waals surface area contributed by atoms with E-state index in [9.17, 15) is 31.4 Å². The topological polar surface area (TPSA) is 42.0 Å². The number of alkyl halides is 8. The van der Waals surface area contributed by atoms with Crippen molar-refractivity contribution in [3.63, 3.8) is 0 Å². The second kappa shape index (κ2) is 17.1. The zero-order chi connectivity index (χ0) is 35.2. The Hall–Kier alpha value is -1.54. The van der Waals surface area contributed by atoms with Crippen LogP contribution in [-0.4, -0.2) is 83.4 Å². The first-order valence-electron chi connectivity index (χ1n) is 16.8. The largest absolute Gasteiger partial charge is 0.437 e. The predicted molar refractivity (Wildman–Crippen MR) is 181 cm³/mol. The Kier molecular flexibility index (Phi) is 14.0. The highest BCUT2D eigenvalue weighted by Gasteiger charge is 2.42. The fourth-order valence-corrected chi connectivity index (χ4v) is 7.05. The van der Waals surface area contributed by atoms with Gasteiger partial charge in [0.15, 0.2) is 0 Å². The molecule has 48 heavy (non-hydrogen) atoms. The zero-order valence-electron chi connectivity index (χ0n) is 27.8. The zero-order valence-corrected chi connectivity index (χ0v) is 29.3. The summed E-state index contributed by atoms with van der Waals surface area (Å²) >= 11 is 9.53. The third-order valence-corrected chi connectivity index (χ3v) is 9.80. The molecule has 0 aromatic heterocycles. The Morgan fingerprint density at radius 2 is 1.17 bits per heavy atom. The molecule has 0 spiro atoms. The third-order valence-electron chi connectivity index (χ3n) is 9.80. The lowest BCUT2D eigenvalue weighted by Gasteiger charge is -2.45. The first kappa shape index (κ1) is 39.3. The van der Waals surface area contributed by atoms with Crippen molar-refractivity contribution in [2.45, 2.75) is 82.9 Å². The van der Waals surface area contributed by atoms with E-state index in [1.165, 1.54) is 37.1 Å². The van der Waals surface area contributed by atoms with Crippen molar-refractivity contribution >= 4 is 30.3 Å². The smallest absolute Gasteiger partial charge is 0.416 e. The maximum atomic E-state index is 12.8. The van der Waals surface area contributed by atoms with E-state index in [1.54, 1.807) is 31.1 Å². The molecule has 2 aliphatic carbocycles. The molecule has 2 N–H and O–H groups in total. The molecule has 2 saturated carbocycles. The molecule has 2 aromatic rings. The molecule has 5 nitrogen and oxygen atoms in total. The molecule has 2 aromatic carbocycles. The number of nitrogens with one attached hydrogen (secondary N) is 1. The van der Waals surface area contributed by atoms with Gasteiger partial charge in [-0.05, 0) is 93.6 Å². The van der Waals surface area contributed by atoms with Crippen molar-refractivity contribution in [1.29, 1.82) is 0 Å². The predicted octanol–water partition coefficient (Wildman–Crippen LogP) is 8.14. The molecule has 4 atom stereocenters. The van der Waals surface area contributed by atoms with E-state index >= 15 is 0 Å². The minimum absolute atomic E-state index is 0.179. The van der Waals surface area contributed by atoms with E-state index < -0.39 is 30.5 Å². The van der Waals surface area contributed by atoms with Crippen LogP contribution in [0.3, 0.4) is 0 Å². The molecule has 0 amide bonds. The van der Waals surface area contributed by atoms with E-state index in [0.717, 1.165) is 63.2 Å². The number of nitrogens with zero attached hydrogens (tertiary/aromatic N) is 3. The van der Waals surface area contributed by atoms with Gasteiger partial charge < -0.3 is 15.2 Å². The van der Waals surface area contributed by atoms with Gasteiger partial charge in [-0.3, -0.25) is 9.80 Å². The van der Waals surface area contributed by atoms with Crippen molar-refractivity contribution in [2.75, 3.05) is 44.6 Å². The van der Waals surface area contributed by atoms with Gasteiger partial charge in [0, 0.05) is 63.4 Å². The van der Waals surface area contributed by atoms with Gasteiger partial charge in [0.1, 0.15) is 0 Å². The van der Waals surface area contributed by atoms with Gasteiger partial charge in [-0.2, -0.15) is 26.3 Å². The Morgan fingerprint density at radius 1 is 0.750 bits per heavy atom. The van der Waals surface area contributed by atoms with Crippen LogP contribution in [0, 0.1) is 11.8 Å². The van der Waals surface area contributed by atoms with Crippen LogP contribution >= 0.6 is 23.2 Å². The lowest BCUT2D eigenvalue weighted by molar-refractivity contribution is -0.138. The number of hydrogen-bond donors (Lipinski definition) is 2. The summed E-state index contributed by atoms with van der Waals surface area (Å²) in [5, 5.41) is 13.3. The fourth-order valence-electron chi connectivity index (χ4n) is 7.05. The first-order chi connectivity index (χ1) is 22.6. The SMILES string of the molecule is CB(O)N1CCN(C(c2ccc(C(F)(F)F)cc2)C2CC2)[C@@H](C)C1.C[C@H]1CNCCN1C(c1ccc(C(F)(F)F)cc1)C1CC1.ClCCl. The van der Waals surface area contributed by atoms with Gasteiger partial charge in [0.05, 0.1) is 16.5 Å². The maximum Gasteiger partial charge on any atom is 0.416 e. The van der Waals surface area contributed by atoms with Crippen LogP contribution in [0.25, 0.3) is 0 Å². The van der Waals surface area contributed by atoms with E-state index in [-0.39, 0.29) is 23.5 Å². The van der Waals surface area contributed by atoms with Gasteiger partial charge in [0.25, 0.3) is 0 Å². The lowest BCUT2D eigenvalue weighted by atomic mass is 9.83. The molecule has 0 bridgehead atoms. The Labute approximate surface area is 291 Å². The van der Waals surface area contributed by atoms with Crippen molar-refractivity contribution in [3.8, 4) is 0 Å². The van der Waals surface area contributed by atoms with Gasteiger partial charge >= 0.3 is 19.4 Å². The summed E-state index contributed by atoms with van der Waals surface area (Å²) in [7, 11) is -0.458. The highest BCUT2D eigenvalue weighted by Crippen LogP contribution is 2.47. The van der Waals surface area contributed by atoms with Crippen molar-refractivity contribution in [1.82, 2.24) is 19.9 Å². The average molecular weight is 723 g/mol.